The molecule has 0 radical (unpaired) electrons. The average Bonchev–Trinajstić information content (AvgIpc) is 2.44. The van der Waals surface area contributed by atoms with Gasteiger partial charge in [0.2, 0.25) is 10.0 Å². The van der Waals surface area contributed by atoms with Gasteiger partial charge in [-0.05, 0) is 38.8 Å². The average molecular weight is 315 g/mol. The van der Waals surface area contributed by atoms with Gasteiger partial charge in [0.1, 0.15) is 10.6 Å². The van der Waals surface area contributed by atoms with Crippen LogP contribution in [0.25, 0.3) is 0 Å². The van der Waals surface area contributed by atoms with Crippen LogP contribution in [0.4, 0.5) is 0 Å². The maximum atomic E-state index is 12.7. The van der Waals surface area contributed by atoms with Gasteiger partial charge in [0.05, 0.1) is 7.11 Å². The molecule has 0 saturated carbocycles. The molecule has 0 saturated heterocycles. The van der Waals surface area contributed by atoms with Crippen molar-refractivity contribution in [3.05, 3.63) is 23.8 Å². The molecule has 120 valence electrons. The lowest BCUT2D eigenvalue weighted by molar-refractivity contribution is 0.356. The van der Waals surface area contributed by atoms with Gasteiger partial charge in [-0.15, -0.1) is 0 Å². The molecule has 0 spiro atoms. The van der Waals surface area contributed by atoms with Crippen LogP contribution in [0.2, 0.25) is 0 Å². The van der Waals surface area contributed by atoms with Crippen molar-refractivity contribution in [2.45, 2.75) is 11.4 Å². The van der Waals surface area contributed by atoms with E-state index in [2.05, 4.69) is 5.32 Å². The number of sulfonamides is 1. The molecule has 0 amide bonds. The Morgan fingerprint density at radius 3 is 2.38 bits per heavy atom. The molecule has 0 aliphatic rings. The lowest BCUT2D eigenvalue weighted by Crippen LogP contribution is -2.33. The zero-order valence-electron chi connectivity index (χ0n) is 13.4. The Morgan fingerprint density at radius 1 is 1.19 bits per heavy atom. The zero-order valence-corrected chi connectivity index (χ0v) is 14.2. The van der Waals surface area contributed by atoms with Crippen LogP contribution in [0, 0.1) is 0 Å². The van der Waals surface area contributed by atoms with Crippen LogP contribution < -0.4 is 10.1 Å². The third-order valence-corrected chi connectivity index (χ3v) is 5.04. The molecule has 0 bridgehead atoms. The number of nitrogens with zero attached hydrogens (tertiary/aromatic N) is 2. The second-order valence-electron chi connectivity index (χ2n) is 5.15. The van der Waals surface area contributed by atoms with Crippen molar-refractivity contribution >= 4 is 10.0 Å². The number of rotatable bonds is 8. The summed E-state index contributed by atoms with van der Waals surface area (Å²) in [5, 5.41) is 3.01. The third-order valence-electron chi connectivity index (χ3n) is 3.16. The van der Waals surface area contributed by atoms with E-state index in [1.807, 2.05) is 32.1 Å². The topological polar surface area (TPSA) is 61.9 Å². The number of hydrogen-bond acceptors (Lipinski definition) is 5. The number of hydrogen-bond donors (Lipinski definition) is 1. The zero-order chi connectivity index (χ0) is 16.0. The molecular formula is C14H25N3O3S. The summed E-state index contributed by atoms with van der Waals surface area (Å²) in [6.07, 6.45) is 0. The molecule has 1 rings (SSSR count). The Morgan fingerprint density at radius 2 is 1.86 bits per heavy atom. The lowest BCUT2D eigenvalue weighted by atomic mass is 10.2. The quantitative estimate of drug-likeness (QED) is 0.761. The monoisotopic (exact) mass is 315 g/mol. The Balaban J connectivity index is 3.12. The van der Waals surface area contributed by atoms with Crippen LogP contribution >= 0.6 is 0 Å². The summed E-state index contributed by atoms with van der Waals surface area (Å²) in [5.41, 5.74) is 0.901. The van der Waals surface area contributed by atoms with Crippen molar-refractivity contribution in [2.75, 3.05) is 48.4 Å². The first-order valence-electron chi connectivity index (χ1n) is 6.75. The van der Waals surface area contributed by atoms with Crippen LogP contribution in [0.1, 0.15) is 5.56 Å². The Hall–Kier alpha value is -1.15. The lowest BCUT2D eigenvalue weighted by Gasteiger charge is -2.21. The minimum Gasteiger partial charge on any atom is -0.495 e. The highest BCUT2D eigenvalue weighted by Crippen LogP contribution is 2.27. The summed E-state index contributed by atoms with van der Waals surface area (Å²) in [5.74, 6) is 0.367. The number of ether oxygens (including phenoxy) is 1. The standard InChI is InChI=1S/C14H25N3O3S/c1-15-11-12-6-7-13(20-5)14(10-12)21(18,19)17(4)9-8-16(2)3/h6-7,10,15H,8-9,11H2,1-5H3. The predicted molar refractivity (Wildman–Crippen MR) is 84.1 cm³/mol. The molecule has 1 N–H and O–H groups in total. The van der Waals surface area contributed by atoms with Gasteiger partial charge in [-0.3, -0.25) is 0 Å². The van der Waals surface area contributed by atoms with E-state index in [1.165, 1.54) is 11.4 Å². The number of nitrogens with one attached hydrogen (secondary N) is 1. The van der Waals surface area contributed by atoms with Gasteiger partial charge in [0.25, 0.3) is 0 Å². The first kappa shape index (κ1) is 17.9. The number of benzene rings is 1. The molecular weight excluding hydrogens is 290 g/mol. The number of likely N-dealkylation sites (N-methyl/N-ethyl adjacent to an activating group) is 2. The van der Waals surface area contributed by atoms with Crippen molar-refractivity contribution in [2.24, 2.45) is 0 Å². The van der Waals surface area contributed by atoms with E-state index in [-0.39, 0.29) is 4.90 Å². The molecule has 6 nitrogen and oxygen atoms in total. The van der Waals surface area contributed by atoms with Crippen molar-refractivity contribution in [3.63, 3.8) is 0 Å². The molecule has 0 atom stereocenters. The van der Waals surface area contributed by atoms with Gasteiger partial charge in [-0.2, -0.15) is 4.31 Å². The highest BCUT2D eigenvalue weighted by atomic mass is 32.2. The fourth-order valence-corrected chi connectivity index (χ4v) is 3.23. The number of methoxy groups -OCH3 is 1. The van der Waals surface area contributed by atoms with Gasteiger partial charge in [0, 0.05) is 26.7 Å². The molecule has 0 heterocycles. The molecule has 7 heteroatoms. The fraction of sp³-hybridized carbons (Fsp3) is 0.571. The van der Waals surface area contributed by atoms with Crippen molar-refractivity contribution < 1.29 is 13.2 Å². The van der Waals surface area contributed by atoms with Crippen molar-refractivity contribution in [1.82, 2.24) is 14.5 Å². The molecule has 0 aliphatic heterocycles. The van der Waals surface area contributed by atoms with Crippen LogP contribution in [0.5, 0.6) is 5.75 Å². The normalized spacial score (nSPS) is 12.1. The summed E-state index contributed by atoms with van der Waals surface area (Å²) in [6, 6.07) is 5.21. The summed E-state index contributed by atoms with van der Waals surface area (Å²) < 4.78 is 31.9. The minimum atomic E-state index is -3.56. The fourth-order valence-electron chi connectivity index (χ4n) is 1.87. The largest absolute Gasteiger partial charge is 0.495 e. The second kappa shape index (κ2) is 7.74. The summed E-state index contributed by atoms with van der Waals surface area (Å²) in [6.45, 7) is 1.69. The second-order valence-corrected chi connectivity index (χ2v) is 7.16. The van der Waals surface area contributed by atoms with Gasteiger partial charge in [-0.1, -0.05) is 6.07 Å². The minimum absolute atomic E-state index is 0.207. The van der Waals surface area contributed by atoms with E-state index in [9.17, 15) is 8.42 Å². The Labute approximate surface area is 127 Å². The van der Waals surface area contributed by atoms with E-state index >= 15 is 0 Å². The molecule has 0 aromatic heterocycles. The first-order chi connectivity index (χ1) is 9.82. The van der Waals surface area contributed by atoms with Crippen LogP contribution in [-0.2, 0) is 16.6 Å². The van der Waals surface area contributed by atoms with Crippen molar-refractivity contribution in [1.29, 1.82) is 0 Å². The maximum Gasteiger partial charge on any atom is 0.246 e. The van der Waals surface area contributed by atoms with Crippen LogP contribution in [0.3, 0.4) is 0 Å². The summed E-state index contributed by atoms with van der Waals surface area (Å²) in [7, 11) is 5.14. The molecule has 1 aromatic carbocycles. The summed E-state index contributed by atoms with van der Waals surface area (Å²) >= 11 is 0. The molecule has 0 unspecified atom stereocenters. The predicted octanol–water partition coefficient (Wildman–Crippen LogP) is 0.597. The third kappa shape index (κ3) is 4.67. The summed E-state index contributed by atoms with van der Waals surface area (Å²) in [4.78, 5) is 2.15. The van der Waals surface area contributed by atoms with Gasteiger partial charge in [0.15, 0.2) is 0 Å². The van der Waals surface area contributed by atoms with E-state index in [0.717, 1.165) is 5.56 Å². The smallest absolute Gasteiger partial charge is 0.246 e. The molecule has 1 aromatic rings. The van der Waals surface area contributed by atoms with Crippen molar-refractivity contribution in [3.8, 4) is 5.75 Å². The Kier molecular flexibility index (Phi) is 6.60. The Bertz CT molecular complexity index is 559. The van der Waals surface area contributed by atoms with Gasteiger partial charge in [-0.25, -0.2) is 8.42 Å². The SMILES string of the molecule is CNCc1ccc(OC)c(S(=O)(=O)N(C)CCN(C)C)c1. The molecule has 0 aliphatic carbocycles. The van der Waals surface area contributed by atoms with Crippen LogP contribution in [0.15, 0.2) is 23.1 Å². The van der Waals surface area contributed by atoms with E-state index in [4.69, 9.17) is 4.74 Å². The molecule has 0 fully saturated rings. The highest BCUT2D eigenvalue weighted by Gasteiger charge is 2.25. The highest BCUT2D eigenvalue weighted by molar-refractivity contribution is 7.89. The first-order valence-corrected chi connectivity index (χ1v) is 8.19. The van der Waals surface area contributed by atoms with Gasteiger partial charge >= 0.3 is 0 Å². The maximum absolute atomic E-state index is 12.7. The van der Waals surface area contributed by atoms with Crippen LogP contribution in [-0.4, -0.2) is 66.0 Å². The van der Waals surface area contributed by atoms with E-state index in [0.29, 0.717) is 25.4 Å². The molecule has 21 heavy (non-hydrogen) atoms. The van der Waals surface area contributed by atoms with E-state index < -0.39 is 10.0 Å². The van der Waals surface area contributed by atoms with E-state index in [1.54, 1.807) is 19.2 Å². The van der Waals surface area contributed by atoms with Gasteiger partial charge < -0.3 is 15.0 Å².